The molecule has 0 bridgehead atoms. The van der Waals surface area contributed by atoms with Crippen molar-refractivity contribution in [1.82, 2.24) is 14.9 Å². The molecule has 164 valence electrons. The highest BCUT2D eigenvalue weighted by Gasteiger charge is 2.47. The fourth-order valence-corrected chi connectivity index (χ4v) is 4.51. The molecule has 0 radical (unpaired) electrons. The number of hydrogen-bond donors (Lipinski definition) is 0. The maximum Gasteiger partial charge on any atom is 0.471 e. The van der Waals surface area contributed by atoms with Gasteiger partial charge < -0.3 is 9.80 Å². The molecule has 2 aliphatic heterocycles. The number of halogens is 3. The minimum atomic E-state index is -4.97. The molecule has 31 heavy (non-hydrogen) atoms. The van der Waals surface area contributed by atoms with E-state index in [0.717, 1.165) is 10.5 Å². The zero-order chi connectivity index (χ0) is 22.5. The monoisotopic (exact) mass is 451 g/mol. The zero-order valence-electron chi connectivity index (χ0n) is 17.1. The molecule has 0 N–H and O–H groups in total. The number of urea groups is 1. The van der Waals surface area contributed by atoms with Crippen LogP contribution in [-0.2, 0) is 11.3 Å². The SMILES string of the molecule is CSc1ncc2c(n1)N(C)C(=O)N(C1CCN(C(=O)C(F)(F)F)c3c(C)cccc31)C2. The molecule has 4 rings (SSSR count). The van der Waals surface area contributed by atoms with E-state index in [1.807, 2.05) is 6.26 Å². The number of fused-ring (bicyclic) bond motifs is 2. The Kier molecular flexibility index (Phi) is 5.32. The highest BCUT2D eigenvalue weighted by Crippen LogP contribution is 2.43. The number of para-hydroxylation sites is 1. The van der Waals surface area contributed by atoms with Gasteiger partial charge in [-0.2, -0.15) is 13.2 Å². The van der Waals surface area contributed by atoms with Crippen LogP contribution in [0.1, 0.15) is 29.2 Å². The third-order valence-electron chi connectivity index (χ3n) is 5.58. The molecule has 0 aliphatic carbocycles. The molecule has 1 aromatic heterocycles. The lowest BCUT2D eigenvalue weighted by Gasteiger charge is -2.43. The number of alkyl halides is 3. The summed E-state index contributed by atoms with van der Waals surface area (Å²) < 4.78 is 39.5. The highest BCUT2D eigenvalue weighted by molar-refractivity contribution is 7.98. The molecule has 0 fully saturated rings. The number of benzene rings is 1. The van der Waals surface area contributed by atoms with E-state index in [4.69, 9.17) is 0 Å². The first kappa shape index (κ1) is 21.4. The second-order valence-corrected chi connectivity index (χ2v) is 8.22. The van der Waals surface area contributed by atoms with Crippen LogP contribution in [0.2, 0.25) is 0 Å². The number of aromatic nitrogens is 2. The Bertz CT molecular complexity index is 1060. The van der Waals surface area contributed by atoms with Gasteiger partial charge in [0.25, 0.3) is 0 Å². The Morgan fingerprint density at radius 1 is 1.29 bits per heavy atom. The smallest absolute Gasteiger partial charge is 0.313 e. The number of carbonyl (C=O) groups is 2. The number of rotatable bonds is 2. The predicted molar refractivity (Wildman–Crippen MR) is 110 cm³/mol. The van der Waals surface area contributed by atoms with Gasteiger partial charge in [-0.3, -0.25) is 9.69 Å². The first-order valence-corrected chi connectivity index (χ1v) is 10.8. The van der Waals surface area contributed by atoms with E-state index in [-0.39, 0.29) is 31.2 Å². The summed E-state index contributed by atoms with van der Waals surface area (Å²) in [6, 6.07) is 4.29. The van der Waals surface area contributed by atoms with Gasteiger partial charge in [0, 0.05) is 25.4 Å². The van der Waals surface area contributed by atoms with Gasteiger partial charge in [-0.15, -0.1) is 0 Å². The Morgan fingerprint density at radius 3 is 2.71 bits per heavy atom. The van der Waals surface area contributed by atoms with Crippen molar-refractivity contribution < 1.29 is 22.8 Å². The largest absolute Gasteiger partial charge is 0.471 e. The average Bonchev–Trinajstić information content (AvgIpc) is 2.74. The highest BCUT2D eigenvalue weighted by atomic mass is 32.2. The van der Waals surface area contributed by atoms with Gasteiger partial charge in [0.15, 0.2) is 5.16 Å². The molecule has 2 aromatic rings. The van der Waals surface area contributed by atoms with Gasteiger partial charge in [0.05, 0.1) is 18.3 Å². The Morgan fingerprint density at radius 2 is 2.03 bits per heavy atom. The van der Waals surface area contributed by atoms with Gasteiger partial charge in [0.1, 0.15) is 5.82 Å². The Labute approximate surface area is 181 Å². The van der Waals surface area contributed by atoms with Crippen molar-refractivity contribution in [2.75, 3.05) is 29.6 Å². The maximum absolute atomic E-state index is 13.2. The van der Waals surface area contributed by atoms with E-state index >= 15 is 0 Å². The summed E-state index contributed by atoms with van der Waals surface area (Å²) in [5, 5.41) is 0.548. The number of anilines is 2. The van der Waals surface area contributed by atoms with Crippen molar-refractivity contribution >= 4 is 35.2 Å². The van der Waals surface area contributed by atoms with Crippen LogP contribution in [0, 0.1) is 6.92 Å². The quantitative estimate of drug-likeness (QED) is 0.511. The summed E-state index contributed by atoms with van der Waals surface area (Å²) in [7, 11) is 1.61. The van der Waals surface area contributed by atoms with Crippen LogP contribution < -0.4 is 9.80 Å². The Balaban J connectivity index is 1.74. The minimum absolute atomic E-state index is 0.136. The summed E-state index contributed by atoms with van der Waals surface area (Å²) in [5.41, 5.74) is 2.04. The van der Waals surface area contributed by atoms with Gasteiger partial charge in [-0.25, -0.2) is 14.8 Å². The predicted octanol–water partition coefficient (Wildman–Crippen LogP) is 3.92. The van der Waals surface area contributed by atoms with Crippen molar-refractivity contribution in [2.45, 2.75) is 37.3 Å². The van der Waals surface area contributed by atoms with Crippen LogP contribution in [0.25, 0.3) is 0 Å². The van der Waals surface area contributed by atoms with E-state index in [1.54, 1.807) is 43.3 Å². The lowest BCUT2D eigenvalue weighted by molar-refractivity contribution is -0.170. The lowest BCUT2D eigenvalue weighted by Crippen LogP contribution is -2.51. The average molecular weight is 451 g/mol. The van der Waals surface area contributed by atoms with Crippen molar-refractivity contribution in [1.29, 1.82) is 0 Å². The van der Waals surface area contributed by atoms with Gasteiger partial charge >= 0.3 is 18.1 Å². The van der Waals surface area contributed by atoms with Gasteiger partial charge in [-0.05, 0) is 30.7 Å². The molecule has 0 saturated carbocycles. The summed E-state index contributed by atoms with van der Waals surface area (Å²) in [6.07, 6.45) is -1.27. The molecule has 0 spiro atoms. The maximum atomic E-state index is 13.2. The number of aryl methyl sites for hydroxylation is 1. The topological polar surface area (TPSA) is 69.6 Å². The third-order valence-corrected chi connectivity index (χ3v) is 6.14. The molecular weight excluding hydrogens is 431 g/mol. The Hall–Kier alpha value is -2.82. The molecule has 11 heteroatoms. The van der Waals surface area contributed by atoms with E-state index in [2.05, 4.69) is 9.97 Å². The molecule has 3 amide bonds. The van der Waals surface area contributed by atoms with Gasteiger partial charge in [0.2, 0.25) is 0 Å². The lowest BCUT2D eigenvalue weighted by atomic mass is 9.91. The number of thioether (sulfide) groups is 1. The molecule has 0 saturated heterocycles. The molecule has 1 unspecified atom stereocenters. The second kappa shape index (κ2) is 7.70. The van der Waals surface area contributed by atoms with E-state index < -0.39 is 18.1 Å². The molecule has 3 heterocycles. The van der Waals surface area contributed by atoms with Crippen molar-refractivity contribution in [3.05, 3.63) is 41.1 Å². The van der Waals surface area contributed by atoms with Crippen LogP contribution >= 0.6 is 11.8 Å². The number of carbonyl (C=O) groups excluding carboxylic acids is 2. The van der Waals surface area contributed by atoms with Crippen molar-refractivity contribution in [2.24, 2.45) is 0 Å². The first-order valence-electron chi connectivity index (χ1n) is 9.56. The summed E-state index contributed by atoms with van der Waals surface area (Å²) in [5.74, 6) is -1.37. The fourth-order valence-electron chi connectivity index (χ4n) is 4.18. The molecule has 1 aromatic carbocycles. The zero-order valence-corrected chi connectivity index (χ0v) is 17.9. The van der Waals surface area contributed by atoms with Crippen LogP contribution in [-0.4, -0.2) is 52.8 Å². The third kappa shape index (κ3) is 3.60. The second-order valence-electron chi connectivity index (χ2n) is 7.45. The normalized spacial score (nSPS) is 18.7. The number of hydrogen-bond acceptors (Lipinski definition) is 5. The summed E-state index contributed by atoms with van der Waals surface area (Å²) in [4.78, 5) is 37.7. The van der Waals surface area contributed by atoms with Crippen LogP contribution in [0.15, 0.2) is 29.6 Å². The number of amides is 3. The van der Waals surface area contributed by atoms with E-state index in [1.165, 1.54) is 16.7 Å². The van der Waals surface area contributed by atoms with Gasteiger partial charge in [-0.1, -0.05) is 30.0 Å². The molecule has 1 atom stereocenters. The van der Waals surface area contributed by atoms with Crippen LogP contribution in [0.4, 0.5) is 29.5 Å². The van der Waals surface area contributed by atoms with Crippen molar-refractivity contribution in [3.8, 4) is 0 Å². The summed E-state index contributed by atoms with van der Waals surface area (Å²) >= 11 is 1.37. The molecular formula is C20H20F3N5O2S. The molecule has 7 nitrogen and oxygen atoms in total. The van der Waals surface area contributed by atoms with Crippen LogP contribution in [0.5, 0.6) is 0 Å². The minimum Gasteiger partial charge on any atom is -0.313 e. The number of nitrogens with zero attached hydrogens (tertiary/aromatic N) is 5. The van der Waals surface area contributed by atoms with E-state index in [9.17, 15) is 22.8 Å². The van der Waals surface area contributed by atoms with Crippen LogP contribution in [0.3, 0.4) is 0 Å². The molecule has 2 aliphatic rings. The summed E-state index contributed by atoms with van der Waals surface area (Å²) in [6.45, 7) is 1.76. The first-order chi connectivity index (χ1) is 14.6. The fraction of sp³-hybridized carbons (Fsp3) is 0.400. The van der Waals surface area contributed by atoms with Crippen molar-refractivity contribution in [3.63, 3.8) is 0 Å². The van der Waals surface area contributed by atoms with E-state index in [0.29, 0.717) is 22.1 Å². The standard InChI is InChI=1S/C20H20F3N5O2S/c1-11-5-4-6-13-14(7-8-27(15(11)13)17(29)20(21,22)23)28-10-12-9-24-18(31-3)25-16(12)26(2)19(28)30/h4-6,9,14H,7-8,10H2,1-3H3.